The molecule has 1 fully saturated rings. The van der Waals surface area contributed by atoms with Gasteiger partial charge in [0.25, 0.3) is 5.79 Å². The fraction of sp³-hybridized carbons (Fsp3) is 0.316. The van der Waals surface area contributed by atoms with Crippen LogP contribution in [0.3, 0.4) is 0 Å². The third-order valence-electron chi connectivity index (χ3n) is 4.47. The van der Waals surface area contributed by atoms with Gasteiger partial charge in [0.15, 0.2) is 11.5 Å². The van der Waals surface area contributed by atoms with E-state index in [1.165, 1.54) is 0 Å². The number of aromatic hydroxyl groups is 1. The van der Waals surface area contributed by atoms with Gasteiger partial charge in [-0.2, -0.15) is 0 Å². The Labute approximate surface area is 140 Å². The third-order valence-corrected chi connectivity index (χ3v) is 4.47. The number of ether oxygens (including phenoxy) is 3. The highest BCUT2D eigenvalue weighted by atomic mass is 16.7. The van der Waals surface area contributed by atoms with Crippen LogP contribution in [-0.4, -0.2) is 24.2 Å². The van der Waals surface area contributed by atoms with E-state index < -0.39 is 5.79 Å². The van der Waals surface area contributed by atoms with Crippen LogP contribution < -0.4 is 14.2 Å². The molecule has 0 saturated heterocycles. The molecule has 0 unspecified atom stereocenters. The van der Waals surface area contributed by atoms with Gasteiger partial charge in [0.05, 0.1) is 12.8 Å². The number of hydrogen-bond donors (Lipinski definition) is 1. The minimum absolute atomic E-state index is 0.158. The Balaban J connectivity index is 1.57. The van der Waals surface area contributed by atoms with Crippen molar-refractivity contribution < 1.29 is 19.3 Å². The zero-order valence-corrected chi connectivity index (χ0v) is 13.5. The molecule has 0 bridgehead atoms. The molecule has 1 aliphatic carbocycles. The highest BCUT2D eigenvalue weighted by Gasteiger charge is 2.43. The Kier molecular flexibility index (Phi) is 3.56. The Morgan fingerprint density at radius 3 is 2.67 bits per heavy atom. The quantitative estimate of drug-likeness (QED) is 0.860. The number of phenolic OH excluding ortho intramolecular Hbond substituents is 1. The SMILES string of the molecule is COc1ccc(O)c(C=Nc2ccc3c(c2)OC2(CCCC2)O3)c1. The van der Waals surface area contributed by atoms with Crippen molar-refractivity contribution in [3.63, 3.8) is 0 Å². The summed E-state index contributed by atoms with van der Waals surface area (Å²) in [6.45, 7) is 0. The number of hydrogen-bond acceptors (Lipinski definition) is 5. The fourth-order valence-corrected chi connectivity index (χ4v) is 3.19. The number of fused-ring (bicyclic) bond motifs is 1. The first-order valence-corrected chi connectivity index (χ1v) is 8.11. The van der Waals surface area contributed by atoms with E-state index in [2.05, 4.69) is 4.99 Å². The lowest BCUT2D eigenvalue weighted by Crippen LogP contribution is -2.34. The molecule has 5 heteroatoms. The molecule has 2 aromatic carbocycles. The van der Waals surface area contributed by atoms with Crippen LogP contribution in [0.25, 0.3) is 0 Å². The summed E-state index contributed by atoms with van der Waals surface area (Å²) in [6, 6.07) is 10.7. The van der Waals surface area contributed by atoms with Crippen molar-refractivity contribution in [3.05, 3.63) is 42.0 Å². The van der Waals surface area contributed by atoms with Crippen molar-refractivity contribution in [2.75, 3.05) is 7.11 Å². The molecular weight excluding hydrogens is 306 g/mol. The van der Waals surface area contributed by atoms with Gasteiger partial charge >= 0.3 is 0 Å². The first-order valence-electron chi connectivity index (χ1n) is 8.11. The first-order chi connectivity index (χ1) is 11.7. The minimum atomic E-state index is -0.463. The van der Waals surface area contributed by atoms with Gasteiger partial charge in [-0.05, 0) is 43.2 Å². The van der Waals surface area contributed by atoms with Crippen LogP contribution in [0.5, 0.6) is 23.0 Å². The van der Waals surface area contributed by atoms with Crippen molar-refractivity contribution >= 4 is 11.9 Å². The average Bonchev–Trinajstić information content (AvgIpc) is 3.19. The van der Waals surface area contributed by atoms with Gasteiger partial charge in [0, 0.05) is 30.7 Å². The fourth-order valence-electron chi connectivity index (χ4n) is 3.19. The smallest absolute Gasteiger partial charge is 0.251 e. The monoisotopic (exact) mass is 325 g/mol. The second-order valence-corrected chi connectivity index (χ2v) is 6.14. The molecule has 5 nitrogen and oxygen atoms in total. The third kappa shape index (κ3) is 2.66. The summed E-state index contributed by atoms with van der Waals surface area (Å²) >= 11 is 0. The lowest BCUT2D eigenvalue weighted by atomic mass is 10.2. The van der Waals surface area contributed by atoms with Gasteiger partial charge in [0.2, 0.25) is 0 Å². The first kappa shape index (κ1) is 14.9. The average molecular weight is 325 g/mol. The highest BCUT2D eigenvalue weighted by molar-refractivity contribution is 5.86. The van der Waals surface area contributed by atoms with Crippen LogP contribution in [-0.2, 0) is 0 Å². The maximum Gasteiger partial charge on any atom is 0.251 e. The zero-order chi connectivity index (χ0) is 16.6. The van der Waals surface area contributed by atoms with Gasteiger partial charge in [-0.1, -0.05) is 0 Å². The number of benzene rings is 2. The number of nitrogens with zero attached hydrogens (tertiary/aromatic N) is 1. The van der Waals surface area contributed by atoms with E-state index in [0.717, 1.165) is 42.9 Å². The second-order valence-electron chi connectivity index (χ2n) is 6.14. The predicted molar refractivity (Wildman–Crippen MR) is 90.8 cm³/mol. The molecule has 1 N–H and O–H groups in total. The molecule has 24 heavy (non-hydrogen) atoms. The predicted octanol–water partition coefficient (Wildman–Crippen LogP) is 4.19. The van der Waals surface area contributed by atoms with Crippen LogP contribution in [0.4, 0.5) is 5.69 Å². The van der Waals surface area contributed by atoms with Crippen molar-refractivity contribution in [2.24, 2.45) is 4.99 Å². The van der Waals surface area contributed by atoms with E-state index in [9.17, 15) is 5.11 Å². The number of methoxy groups -OCH3 is 1. The van der Waals surface area contributed by atoms with E-state index in [1.54, 1.807) is 31.5 Å². The normalized spacial score (nSPS) is 17.7. The molecule has 2 aromatic rings. The van der Waals surface area contributed by atoms with Crippen molar-refractivity contribution in [2.45, 2.75) is 31.5 Å². The Hall–Kier alpha value is -2.69. The number of rotatable bonds is 3. The summed E-state index contributed by atoms with van der Waals surface area (Å²) in [6.07, 6.45) is 5.74. The Bertz CT molecular complexity index is 794. The highest BCUT2D eigenvalue weighted by Crippen LogP contribution is 2.47. The topological polar surface area (TPSA) is 60.3 Å². The lowest BCUT2D eigenvalue weighted by Gasteiger charge is -2.21. The van der Waals surface area contributed by atoms with Crippen LogP contribution in [0, 0.1) is 0 Å². The molecular formula is C19H19NO4. The molecule has 1 aliphatic heterocycles. The van der Waals surface area contributed by atoms with Gasteiger partial charge in [-0.15, -0.1) is 0 Å². The van der Waals surface area contributed by atoms with Gasteiger partial charge in [-0.3, -0.25) is 4.99 Å². The van der Waals surface area contributed by atoms with Gasteiger partial charge in [0.1, 0.15) is 11.5 Å². The maximum absolute atomic E-state index is 9.91. The van der Waals surface area contributed by atoms with Crippen LogP contribution in [0.15, 0.2) is 41.4 Å². The summed E-state index contributed by atoms with van der Waals surface area (Å²) in [7, 11) is 1.59. The maximum atomic E-state index is 9.91. The summed E-state index contributed by atoms with van der Waals surface area (Å²) in [5.74, 6) is 1.88. The van der Waals surface area contributed by atoms with Gasteiger partial charge < -0.3 is 19.3 Å². The molecule has 1 saturated carbocycles. The molecule has 0 radical (unpaired) electrons. The van der Waals surface area contributed by atoms with E-state index in [4.69, 9.17) is 14.2 Å². The lowest BCUT2D eigenvalue weighted by molar-refractivity contribution is -0.0716. The molecule has 2 aliphatic rings. The van der Waals surface area contributed by atoms with Crippen molar-refractivity contribution in [1.82, 2.24) is 0 Å². The molecule has 0 atom stereocenters. The number of aliphatic imine (C=N–C) groups is 1. The van der Waals surface area contributed by atoms with Gasteiger partial charge in [-0.25, -0.2) is 0 Å². The molecule has 0 aromatic heterocycles. The second kappa shape index (κ2) is 5.74. The summed E-state index contributed by atoms with van der Waals surface area (Å²) in [4.78, 5) is 4.43. The van der Waals surface area contributed by atoms with E-state index in [0.29, 0.717) is 11.3 Å². The van der Waals surface area contributed by atoms with Crippen LogP contribution >= 0.6 is 0 Å². The molecule has 0 amide bonds. The summed E-state index contributed by atoms with van der Waals surface area (Å²) in [5.41, 5.74) is 1.34. The minimum Gasteiger partial charge on any atom is -0.507 e. The molecule has 1 heterocycles. The van der Waals surface area contributed by atoms with Crippen LogP contribution in [0.2, 0.25) is 0 Å². The largest absolute Gasteiger partial charge is 0.507 e. The van der Waals surface area contributed by atoms with E-state index >= 15 is 0 Å². The van der Waals surface area contributed by atoms with E-state index in [1.807, 2.05) is 18.2 Å². The Morgan fingerprint density at radius 1 is 1.08 bits per heavy atom. The van der Waals surface area contributed by atoms with Crippen LogP contribution in [0.1, 0.15) is 31.2 Å². The summed E-state index contributed by atoms with van der Waals surface area (Å²) in [5, 5.41) is 9.91. The Morgan fingerprint density at radius 2 is 1.88 bits per heavy atom. The summed E-state index contributed by atoms with van der Waals surface area (Å²) < 4.78 is 17.2. The van der Waals surface area contributed by atoms with Crippen molar-refractivity contribution in [1.29, 1.82) is 0 Å². The molecule has 124 valence electrons. The standard InChI is InChI=1S/C19H19NO4/c1-22-15-5-6-16(21)13(10-15)12-20-14-4-7-17-18(11-14)24-19(23-17)8-2-3-9-19/h4-7,10-12,21H,2-3,8-9H2,1H3. The van der Waals surface area contributed by atoms with Crippen molar-refractivity contribution in [3.8, 4) is 23.0 Å². The number of phenols is 1. The zero-order valence-electron chi connectivity index (χ0n) is 13.5. The molecule has 1 spiro atoms. The van der Waals surface area contributed by atoms with E-state index in [-0.39, 0.29) is 5.75 Å². The molecule has 4 rings (SSSR count).